The first kappa shape index (κ1) is 15.0. The third kappa shape index (κ3) is 3.38. The standard InChI is InChI=1S/C16H25N3O/c1-5-19-16-9-7-6-8-14(16)15(18-19)10-13(17-4)11-20-12(2)3/h6-9,12-13,17H,5,10-11H2,1-4H3. The van der Waals surface area contributed by atoms with Crippen LogP contribution in [-0.2, 0) is 17.7 Å². The SMILES string of the molecule is CCn1nc(CC(COC(C)C)NC)c2ccccc21. The Morgan fingerprint density at radius 1 is 1.30 bits per heavy atom. The smallest absolute Gasteiger partial charge is 0.0719 e. The number of hydrogen-bond acceptors (Lipinski definition) is 3. The zero-order valence-electron chi connectivity index (χ0n) is 12.9. The molecule has 1 unspecified atom stereocenters. The minimum absolute atomic E-state index is 0.260. The molecule has 0 amide bonds. The molecule has 1 aromatic heterocycles. The summed E-state index contributed by atoms with van der Waals surface area (Å²) in [5, 5.41) is 9.32. The molecule has 1 atom stereocenters. The molecular formula is C16H25N3O. The molecule has 0 saturated carbocycles. The van der Waals surface area contributed by atoms with Crippen LogP contribution in [0.15, 0.2) is 24.3 Å². The molecule has 0 spiro atoms. The third-order valence-corrected chi connectivity index (χ3v) is 3.51. The average Bonchev–Trinajstić information content (AvgIpc) is 2.81. The molecule has 0 saturated heterocycles. The van der Waals surface area contributed by atoms with E-state index in [2.05, 4.69) is 55.0 Å². The molecule has 1 aromatic carbocycles. The molecule has 0 bridgehead atoms. The Hall–Kier alpha value is -1.39. The minimum Gasteiger partial charge on any atom is -0.377 e. The van der Waals surface area contributed by atoms with Crippen LogP contribution < -0.4 is 5.32 Å². The number of aromatic nitrogens is 2. The molecule has 0 fully saturated rings. The van der Waals surface area contributed by atoms with Gasteiger partial charge in [-0.25, -0.2) is 0 Å². The zero-order chi connectivity index (χ0) is 14.5. The number of nitrogens with one attached hydrogen (secondary N) is 1. The van der Waals surface area contributed by atoms with Gasteiger partial charge in [-0.2, -0.15) is 5.10 Å². The van der Waals surface area contributed by atoms with Crippen molar-refractivity contribution in [1.29, 1.82) is 0 Å². The van der Waals surface area contributed by atoms with E-state index in [0.29, 0.717) is 12.6 Å². The highest BCUT2D eigenvalue weighted by molar-refractivity contribution is 5.82. The number of nitrogens with zero attached hydrogens (tertiary/aromatic N) is 2. The summed E-state index contributed by atoms with van der Waals surface area (Å²) in [6, 6.07) is 8.72. The molecule has 0 aliphatic carbocycles. The van der Waals surface area contributed by atoms with Gasteiger partial charge in [0.25, 0.3) is 0 Å². The molecule has 1 N–H and O–H groups in total. The first-order valence-corrected chi connectivity index (χ1v) is 7.39. The first-order chi connectivity index (χ1) is 9.65. The third-order valence-electron chi connectivity index (χ3n) is 3.51. The minimum atomic E-state index is 0.260. The van der Waals surface area contributed by atoms with Gasteiger partial charge in [0, 0.05) is 24.4 Å². The van der Waals surface area contributed by atoms with Gasteiger partial charge in [-0.15, -0.1) is 0 Å². The molecular weight excluding hydrogens is 250 g/mol. The second-order valence-corrected chi connectivity index (χ2v) is 5.35. The van der Waals surface area contributed by atoms with Crippen LogP contribution in [0.25, 0.3) is 10.9 Å². The second kappa shape index (κ2) is 6.86. The van der Waals surface area contributed by atoms with Crippen molar-refractivity contribution in [2.75, 3.05) is 13.7 Å². The van der Waals surface area contributed by atoms with Gasteiger partial charge in [-0.3, -0.25) is 4.68 Å². The lowest BCUT2D eigenvalue weighted by atomic mass is 10.1. The van der Waals surface area contributed by atoms with Crippen LogP contribution >= 0.6 is 0 Å². The van der Waals surface area contributed by atoms with Crippen LogP contribution in [0.3, 0.4) is 0 Å². The summed E-state index contributed by atoms with van der Waals surface area (Å²) in [6.07, 6.45) is 1.15. The maximum absolute atomic E-state index is 5.72. The summed E-state index contributed by atoms with van der Waals surface area (Å²) < 4.78 is 7.79. The summed E-state index contributed by atoms with van der Waals surface area (Å²) in [5.41, 5.74) is 2.36. The zero-order valence-corrected chi connectivity index (χ0v) is 12.9. The summed E-state index contributed by atoms with van der Waals surface area (Å²) >= 11 is 0. The van der Waals surface area contributed by atoms with E-state index in [1.54, 1.807) is 0 Å². The first-order valence-electron chi connectivity index (χ1n) is 7.39. The number of ether oxygens (including phenoxy) is 1. The number of aryl methyl sites for hydroxylation is 1. The van der Waals surface area contributed by atoms with Crippen LogP contribution in [0.1, 0.15) is 26.5 Å². The Labute approximate surface area is 121 Å². The predicted molar refractivity (Wildman–Crippen MR) is 83.0 cm³/mol. The number of fused-ring (bicyclic) bond motifs is 1. The summed E-state index contributed by atoms with van der Waals surface area (Å²) in [6.45, 7) is 7.86. The quantitative estimate of drug-likeness (QED) is 0.844. The van der Waals surface area contributed by atoms with Gasteiger partial charge < -0.3 is 10.1 Å². The Balaban J connectivity index is 2.19. The Kier molecular flexibility index (Phi) is 5.15. The average molecular weight is 275 g/mol. The van der Waals surface area contributed by atoms with E-state index in [1.165, 1.54) is 10.9 Å². The van der Waals surface area contributed by atoms with Crippen molar-refractivity contribution in [3.63, 3.8) is 0 Å². The molecule has 2 rings (SSSR count). The van der Waals surface area contributed by atoms with Gasteiger partial charge in [0.2, 0.25) is 0 Å². The van der Waals surface area contributed by atoms with Gasteiger partial charge in [0.15, 0.2) is 0 Å². The van der Waals surface area contributed by atoms with Gasteiger partial charge in [0.05, 0.1) is 23.9 Å². The van der Waals surface area contributed by atoms with E-state index >= 15 is 0 Å². The van der Waals surface area contributed by atoms with Crippen LogP contribution in [0.4, 0.5) is 0 Å². The summed E-state index contributed by atoms with van der Waals surface area (Å²) in [4.78, 5) is 0. The molecule has 1 heterocycles. The van der Waals surface area contributed by atoms with Crippen molar-refractivity contribution in [3.05, 3.63) is 30.0 Å². The predicted octanol–water partition coefficient (Wildman–Crippen LogP) is 2.61. The van der Waals surface area contributed by atoms with Gasteiger partial charge >= 0.3 is 0 Å². The number of hydrogen-bond donors (Lipinski definition) is 1. The Morgan fingerprint density at radius 2 is 2.05 bits per heavy atom. The molecule has 0 aliphatic rings. The fourth-order valence-electron chi connectivity index (χ4n) is 2.37. The molecule has 4 heteroatoms. The fraction of sp³-hybridized carbons (Fsp3) is 0.562. The molecule has 0 aliphatic heterocycles. The normalized spacial score (nSPS) is 13.2. The van der Waals surface area contributed by atoms with E-state index in [9.17, 15) is 0 Å². The highest BCUT2D eigenvalue weighted by Crippen LogP contribution is 2.19. The van der Waals surface area contributed by atoms with E-state index in [4.69, 9.17) is 9.84 Å². The number of para-hydroxylation sites is 1. The van der Waals surface area contributed by atoms with Gasteiger partial charge in [-0.05, 0) is 33.9 Å². The lowest BCUT2D eigenvalue weighted by Crippen LogP contribution is -2.33. The largest absolute Gasteiger partial charge is 0.377 e. The fourth-order valence-corrected chi connectivity index (χ4v) is 2.37. The van der Waals surface area contributed by atoms with Crippen LogP contribution in [-0.4, -0.2) is 35.6 Å². The molecule has 4 nitrogen and oxygen atoms in total. The van der Waals surface area contributed by atoms with E-state index in [-0.39, 0.29) is 6.10 Å². The summed E-state index contributed by atoms with van der Waals surface area (Å²) in [5.74, 6) is 0. The van der Waals surface area contributed by atoms with Crippen LogP contribution in [0.5, 0.6) is 0 Å². The van der Waals surface area contributed by atoms with Crippen molar-refractivity contribution < 1.29 is 4.74 Å². The van der Waals surface area contributed by atoms with Crippen LogP contribution in [0.2, 0.25) is 0 Å². The van der Waals surface area contributed by atoms with Crippen molar-refractivity contribution in [3.8, 4) is 0 Å². The number of benzene rings is 1. The molecule has 2 aromatic rings. The Morgan fingerprint density at radius 3 is 2.70 bits per heavy atom. The molecule has 110 valence electrons. The maximum atomic E-state index is 5.72. The highest BCUT2D eigenvalue weighted by atomic mass is 16.5. The topological polar surface area (TPSA) is 39.1 Å². The number of rotatable bonds is 7. The van der Waals surface area contributed by atoms with Gasteiger partial charge in [0.1, 0.15) is 0 Å². The van der Waals surface area contributed by atoms with Gasteiger partial charge in [-0.1, -0.05) is 18.2 Å². The van der Waals surface area contributed by atoms with Crippen LogP contribution in [0, 0.1) is 0 Å². The van der Waals surface area contributed by atoms with E-state index in [0.717, 1.165) is 18.7 Å². The monoisotopic (exact) mass is 275 g/mol. The number of likely N-dealkylation sites (N-methyl/N-ethyl adjacent to an activating group) is 1. The van der Waals surface area contributed by atoms with Crippen molar-refractivity contribution in [2.45, 2.75) is 45.9 Å². The molecule has 20 heavy (non-hydrogen) atoms. The lowest BCUT2D eigenvalue weighted by Gasteiger charge is -2.17. The Bertz CT molecular complexity index is 548. The second-order valence-electron chi connectivity index (χ2n) is 5.35. The summed E-state index contributed by atoms with van der Waals surface area (Å²) in [7, 11) is 1.98. The lowest BCUT2D eigenvalue weighted by molar-refractivity contribution is 0.0626. The molecule has 0 radical (unpaired) electrons. The van der Waals surface area contributed by atoms with E-state index < -0.39 is 0 Å². The maximum Gasteiger partial charge on any atom is 0.0719 e. The highest BCUT2D eigenvalue weighted by Gasteiger charge is 2.15. The van der Waals surface area contributed by atoms with Crippen molar-refractivity contribution in [1.82, 2.24) is 15.1 Å². The van der Waals surface area contributed by atoms with E-state index in [1.807, 2.05) is 7.05 Å². The van der Waals surface area contributed by atoms with Crippen molar-refractivity contribution in [2.24, 2.45) is 0 Å². The van der Waals surface area contributed by atoms with Crippen molar-refractivity contribution >= 4 is 10.9 Å².